The van der Waals surface area contributed by atoms with Crippen LogP contribution >= 0.6 is 12.2 Å². The fourth-order valence-electron chi connectivity index (χ4n) is 4.32. The number of nitrogens with zero attached hydrogens (tertiary/aromatic N) is 1. The van der Waals surface area contributed by atoms with Gasteiger partial charge in [-0.2, -0.15) is 13.2 Å². The zero-order valence-electron chi connectivity index (χ0n) is 21.2. The zero-order chi connectivity index (χ0) is 29.1. The molecule has 1 aliphatic rings. The van der Waals surface area contributed by atoms with Crippen molar-refractivity contribution in [3.8, 4) is 23.0 Å². The van der Waals surface area contributed by atoms with Gasteiger partial charge < -0.3 is 29.2 Å². The lowest BCUT2D eigenvalue weighted by Gasteiger charge is -2.39. The van der Waals surface area contributed by atoms with Crippen LogP contribution in [0.15, 0.2) is 60.7 Å². The Morgan fingerprint density at radius 1 is 0.925 bits per heavy atom. The Hall–Kier alpha value is -3.87. The minimum atomic E-state index is -4.82. The monoisotopic (exact) mass is 586 g/mol. The number of methoxy groups -OCH3 is 2. The molecule has 0 saturated carbocycles. The van der Waals surface area contributed by atoms with Crippen LogP contribution in [0.4, 0.5) is 32.0 Å². The molecule has 0 amide bonds. The van der Waals surface area contributed by atoms with Gasteiger partial charge in [0.15, 0.2) is 16.6 Å². The van der Waals surface area contributed by atoms with Gasteiger partial charge in [0.25, 0.3) is 0 Å². The molecule has 0 spiro atoms. The van der Waals surface area contributed by atoms with Gasteiger partial charge in [-0.3, -0.25) is 0 Å². The van der Waals surface area contributed by atoms with Gasteiger partial charge in [0.1, 0.15) is 18.1 Å². The molecule has 214 valence electrons. The maximum absolute atomic E-state index is 13.2. The number of hydrogen-bond donors (Lipinski definition) is 1. The number of ether oxygens (including phenoxy) is 4. The highest BCUT2D eigenvalue weighted by atomic mass is 32.1. The molecule has 3 aromatic rings. The molecule has 3 aromatic carbocycles. The highest BCUT2D eigenvalue weighted by Gasteiger charge is 2.34. The van der Waals surface area contributed by atoms with E-state index in [0.29, 0.717) is 30.2 Å². The lowest BCUT2D eigenvalue weighted by atomic mass is 9.92. The summed E-state index contributed by atoms with van der Waals surface area (Å²) in [7, 11) is 3.00. The second-order valence-electron chi connectivity index (χ2n) is 8.70. The molecular formula is C27H24F6N2O4S. The first kappa shape index (κ1) is 29.1. The van der Waals surface area contributed by atoms with Gasteiger partial charge in [-0.25, -0.2) is 0 Å². The third-order valence-corrected chi connectivity index (χ3v) is 6.51. The van der Waals surface area contributed by atoms with E-state index in [4.69, 9.17) is 26.4 Å². The quantitative estimate of drug-likeness (QED) is 0.237. The molecular weight excluding hydrogens is 562 g/mol. The van der Waals surface area contributed by atoms with Crippen molar-refractivity contribution in [2.24, 2.45) is 0 Å². The third-order valence-electron chi connectivity index (χ3n) is 6.17. The number of hydrogen-bond acceptors (Lipinski definition) is 5. The molecule has 0 fully saturated rings. The second kappa shape index (κ2) is 11.7. The first-order valence-electron chi connectivity index (χ1n) is 11.9. The average molecular weight is 587 g/mol. The van der Waals surface area contributed by atoms with Crippen molar-refractivity contribution >= 4 is 23.0 Å². The van der Waals surface area contributed by atoms with E-state index in [2.05, 4.69) is 10.1 Å². The number of alkyl halides is 6. The Labute approximate surface area is 231 Å². The minimum absolute atomic E-state index is 0.0292. The van der Waals surface area contributed by atoms with Crippen molar-refractivity contribution in [3.63, 3.8) is 0 Å². The molecule has 0 saturated heterocycles. The predicted octanol–water partition coefficient (Wildman–Crippen LogP) is 7.00. The zero-order valence-corrected chi connectivity index (χ0v) is 22.0. The van der Waals surface area contributed by atoms with E-state index < -0.39 is 24.1 Å². The number of benzene rings is 3. The standard InChI is InChI=1S/C27H24F6N2O4S/c1-36-23-12-16-10-11-35(25(40)34-18-6-8-19(9-7-18)39-27(31,32)33)22(21(16)14-24(23)37-2)15-38-20-5-3-4-17(13-20)26(28,29)30/h3-9,12-14,22H,10-11,15H2,1-2H3,(H,34,40). The van der Waals surface area contributed by atoms with Crippen LogP contribution in [0.1, 0.15) is 22.7 Å². The van der Waals surface area contributed by atoms with Crippen molar-refractivity contribution in [2.45, 2.75) is 25.0 Å². The molecule has 1 N–H and O–H groups in total. The van der Waals surface area contributed by atoms with Crippen molar-refractivity contribution in [1.82, 2.24) is 4.90 Å². The summed E-state index contributed by atoms with van der Waals surface area (Å²) in [5, 5.41) is 3.24. The Balaban J connectivity index is 1.60. The Kier molecular flexibility index (Phi) is 8.52. The molecule has 13 heteroatoms. The van der Waals surface area contributed by atoms with Crippen LogP contribution in [0.5, 0.6) is 23.0 Å². The van der Waals surface area contributed by atoms with Gasteiger partial charge in [-0.05, 0) is 84.4 Å². The molecule has 0 aromatic heterocycles. The van der Waals surface area contributed by atoms with Crippen LogP contribution in [0, 0.1) is 0 Å². The SMILES string of the molecule is COc1cc2c(cc1OC)C(COc1cccc(C(F)(F)F)c1)N(C(=S)Nc1ccc(OC(F)(F)F)cc1)CC2. The Morgan fingerprint density at radius 3 is 2.23 bits per heavy atom. The van der Waals surface area contributed by atoms with Crippen LogP contribution < -0.4 is 24.3 Å². The highest BCUT2D eigenvalue weighted by Crippen LogP contribution is 2.39. The number of thiocarbonyl (C=S) groups is 1. The Morgan fingerprint density at radius 2 is 1.60 bits per heavy atom. The normalized spacial score (nSPS) is 15.2. The maximum atomic E-state index is 13.2. The largest absolute Gasteiger partial charge is 0.573 e. The van der Waals surface area contributed by atoms with E-state index in [9.17, 15) is 26.3 Å². The highest BCUT2D eigenvalue weighted by molar-refractivity contribution is 7.80. The van der Waals surface area contributed by atoms with Gasteiger partial charge >= 0.3 is 12.5 Å². The molecule has 6 nitrogen and oxygen atoms in total. The molecule has 4 rings (SSSR count). The van der Waals surface area contributed by atoms with Crippen LogP contribution in [0.2, 0.25) is 0 Å². The van der Waals surface area contributed by atoms with E-state index in [1.165, 1.54) is 38.5 Å². The van der Waals surface area contributed by atoms with Crippen LogP contribution in [0.25, 0.3) is 0 Å². The number of halogens is 6. The summed E-state index contributed by atoms with van der Waals surface area (Å²) in [5.41, 5.74) is 1.26. The summed E-state index contributed by atoms with van der Waals surface area (Å²) in [6.07, 6.45) is -8.79. The van der Waals surface area contributed by atoms with Crippen LogP contribution in [-0.4, -0.2) is 43.7 Å². The first-order chi connectivity index (χ1) is 18.9. The molecule has 1 unspecified atom stereocenters. The third kappa shape index (κ3) is 7.00. The molecule has 1 heterocycles. The lowest BCUT2D eigenvalue weighted by Crippen LogP contribution is -2.44. The van der Waals surface area contributed by atoms with E-state index in [0.717, 1.165) is 35.4 Å². The van der Waals surface area contributed by atoms with Gasteiger partial charge in [0, 0.05) is 12.2 Å². The summed E-state index contributed by atoms with van der Waals surface area (Å²) in [6.45, 7) is 0.351. The topological polar surface area (TPSA) is 52.2 Å². The van der Waals surface area contributed by atoms with Gasteiger partial charge in [0.05, 0.1) is 25.8 Å². The van der Waals surface area contributed by atoms with Crippen molar-refractivity contribution < 1.29 is 45.3 Å². The van der Waals surface area contributed by atoms with Crippen molar-refractivity contribution in [1.29, 1.82) is 0 Å². The van der Waals surface area contributed by atoms with Gasteiger partial charge in [-0.15, -0.1) is 13.2 Å². The fourth-order valence-corrected chi connectivity index (χ4v) is 4.66. The minimum Gasteiger partial charge on any atom is -0.493 e. The predicted molar refractivity (Wildman–Crippen MR) is 139 cm³/mol. The first-order valence-corrected chi connectivity index (χ1v) is 12.3. The summed E-state index contributed by atoms with van der Waals surface area (Å²) >= 11 is 5.64. The van der Waals surface area contributed by atoms with E-state index >= 15 is 0 Å². The van der Waals surface area contributed by atoms with E-state index in [-0.39, 0.29) is 23.2 Å². The summed E-state index contributed by atoms with van der Waals surface area (Å²) < 4.78 is 97.7. The van der Waals surface area contributed by atoms with E-state index in [1.807, 2.05) is 6.07 Å². The van der Waals surface area contributed by atoms with Crippen LogP contribution in [-0.2, 0) is 12.6 Å². The molecule has 1 aliphatic heterocycles. The number of rotatable bonds is 7. The van der Waals surface area contributed by atoms with Crippen molar-refractivity contribution in [3.05, 3.63) is 77.4 Å². The summed E-state index contributed by atoms with van der Waals surface area (Å²) in [4.78, 5) is 1.80. The number of nitrogens with one attached hydrogen (secondary N) is 1. The van der Waals surface area contributed by atoms with Crippen LogP contribution in [0.3, 0.4) is 0 Å². The number of fused-ring (bicyclic) bond motifs is 1. The molecule has 0 radical (unpaired) electrons. The summed E-state index contributed by atoms with van der Waals surface area (Å²) in [5.74, 6) is 0.617. The Bertz CT molecular complexity index is 1350. The lowest BCUT2D eigenvalue weighted by molar-refractivity contribution is -0.274. The second-order valence-corrected chi connectivity index (χ2v) is 9.09. The molecule has 1 atom stereocenters. The molecule has 0 aliphatic carbocycles. The number of anilines is 1. The molecule has 40 heavy (non-hydrogen) atoms. The van der Waals surface area contributed by atoms with Gasteiger partial charge in [-0.1, -0.05) is 6.07 Å². The van der Waals surface area contributed by atoms with Gasteiger partial charge in [0.2, 0.25) is 0 Å². The van der Waals surface area contributed by atoms with Crippen molar-refractivity contribution in [2.75, 3.05) is 32.7 Å². The average Bonchev–Trinajstić information content (AvgIpc) is 2.90. The summed E-state index contributed by atoms with van der Waals surface area (Å²) in [6, 6.07) is 12.7. The maximum Gasteiger partial charge on any atom is 0.573 e. The smallest absolute Gasteiger partial charge is 0.493 e. The molecule has 0 bridgehead atoms. The van der Waals surface area contributed by atoms with E-state index in [1.54, 1.807) is 11.0 Å². The fraction of sp³-hybridized carbons (Fsp3) is 0.296.